The van der Waals surface area contributed by atoms with Crippen LogP contribution in [0, 0.1) is 0 Å². The zero-order valence-electron chi connectivity index (χ0n) is 11.0. The normalized spacial score (nSPS) is 12.1. The van der Waals surface area contributed by atoms with Crippen LogP contribution in [0.4, 0.5) is 9.52 Å². The Bertz CT molecular complexity index is 559. The average molecular weight is 294 g/mol. The summed E-state index contributed by atoms with van der Waals surface area (Å²) in [6.45, 7) is 1.51. The summed E-state index contributed by atoms with van der Waals surface area (Å²) in [5.74, 6) is -0.190. The molecule has 0 aliphatic rings. The summed E-state index contributed by atoms with van der Waals surface area (Å²) in [4.78, 5) is 15.9. The maximum atomic E-state index is 12.7. The van der Waals surface area contributed by atoms with Gasteiger partial charge in [0.15, 0.2) is 0 Å². The molecule has 2 aromatic heterocycles. The Morgan fingerprint density at radius 1 is 1.45 bits per heavy atom. The Labute approximate surface area is 120 Å². The number of alkyl halides is 1. The Morgan fingerprint density at radius 2 is 2.30 bits per heavy atom. The van der Waals surface area contributed by atoms with Crippen LogP contribution < -0.4 is 5.32 Å². The molecule has 0 aliphatic heterocycles. The predicted octanol–water partition coefficient (Wildman–Crippen LogP) is 2.40. The maximum absolute atomic E-state index is 12.7. The summed E-state index contributed by atoms with van der Waals surface area (Å²) in [6, 6.07) is 5.41. The van der Waals surface area contributed by atoms with Crippen LogP contribution in [-0.2, 0) is 17.6 Å². The first kappa shape index (κ1) is 14.5. The Kier molecular flexibility index (Phi) is 5.11. The van der Waals surface area contributed by atoms with Gasteiger partial charge in [-0.1, -0.05) is 17.4 Å². The minimum absolute atomic E-state index is 0.190. The summed E-state index contributed by atoms with van der Waals surface area (Å²) >= 11 is 1.27. The molecule has 1 N–H and O–H groups in total. The number of anilines is 1. The lowest BCUT2D eigenvalue weighted by molar-refractivity contribution is -0.115. The van der Waals surface area contributed by atoms with Crippen molar-refractivity contribution in [3.8, 4) is 0 Å². The second kappa shape index (κ2) is 7.04. The maximum Gasteiger partial charge on any atom is 0.232 e. The molecule has 0 saturated carbocycles. The van der Waals surface area contributed by atoms with Crippen molar-refractivity contribution in [2.24, 2.45) is 0 Å². The number of nitrogens with zero attached hydrogens (tertiary/aromatic N) is 3. The number of nitrogens with one attached hydrogen (secondary N) is 1. The van der Waals surface area contributed by atoms with Gasteiger partial charge in [0.2, 0.25) is 11.0 Å². The monoisotopic (exact) mass is 294 g/mol. The van der Waals surface area contributed by atoms with E-state index in [4.69, 9.17) is 0 Å². The second-order valence-corrected chi connectivity index (χ2v) is 5.43. The van der Waals surface area contributed by atoms with Gasteiger partial charge in [0.25, 0.3) is 0 Å². The summed E-state index contributed by atoms with van der Waals surface area (Å²) in [7, 11) is 0. The van der Waals surface area contributed by atoms with Gasteiger partial charge in [-0.15, -0.1) is 10.2 Å². The highest BCUT2D eigenvalue weighted by molar-refractivity contribution is 7.15. The van der Waals surface area contributed by atoms with Crippen molar-refractivity contribution in [3.63, 3.8) is 0 Å². The topological polar surface area (TPSA) is 67.8 Å². The number of hydrogen-bond donors (Lipinski definition) is 1. The van der Waals surface area contributed by atoms with E-state index in [0.717, 1.165) is 5.01 Å². The van der Waals surface area contributed by atoms with Gasteiger partial charge < -0.3 is 5.32 Å². The van der Waals surface area contributed by atoms with Crippen LogP contribution in [-0.4, -0.2) is 27.3 Å². The smallest absolute Gasteiger partial charge is 0.232 e. The number of rotatable bonds is 6. The molecule has 20 heavy (non-hydrogen) atoms. The first-order valence-electron chi connectivity index (χ1n) is 6.29. The fraction of sp³-hybridized carbons (Fsp3) is 0.385. The molecule has 1 atom stereocenters. The van der Waals surface area contributed by atoms with Gasteiger partial charge in [-0.3, -0.25) is 9.78 Å². The number of halogens is 1. The number of amides is 1. The third kappa shape index (κ3) is 4.65. The molecular formula is C13H15FN4OS. The van der Waals surface area contributed by atoms with Crippen LogP contribution in [0.2, 0.25) is 0 Å². The molecule has 0 unspecified atom stereocenters. The first-order chi connectivity index (χ1) is 9.63. The molecule has 0 saturated heterocycles. The highest BCUT2D eigenvalue weighted by atomic mass is 32.1. The van der Waals surface area contributed by atoms with Gasteiger partial charge in [0.05, 0.1) is 12.6 Å². The highest BCUT2D eigenvalue weighted by Gasteiger charge is 2.10. The van der Waals surface area contributed by atoms with E-state index < -0.39 is 6.17 Å². The molecule has 0 fully saturated rings. The number of aryl methyl sites for hydroxylation is 1. The quantitative estimate of drug-likeness (QED) is 0.888. The molecule has 7 heteroatoms. The zero-order chi connectivity index (χ0) is 14.4. The molecule has 0 bridgehead atoms. The van der Waals surface area contributed by atoms with E-state index in [0.29, 0.717) is 23.7 Å². The van der Waals surface area contributed by atoms with Gasteiger partial charge in [-0.2, -0.15) is 0 Å². The Balaban J connectivity index is 1.85. The van der Waals surface area contributed by atoms with Gasteiger partial charge in [0.1, 0.15) is 5.01 Å². The van der Waals surface area contributed by atoms with Crippen LogP contribution in [0.1, 0.15) is 24.0 Å². The molecule has 0 aliphatic carbocycles. The van der Waals surface area contributed by atoms with Crippen LogP contribution in [0.5, 0.6) is 0 Å². The molecule has 2 aromatic rings. The van der Waals surface area contributed by atoms with E-state index in [2.05, 4.69) is 20.5 Å². The molecule has 0 radical (unpaired) electrons. The third-order valence-corrected chi connectivity index (χ3v) is 3.44. The van der Waals surface area contributed by atoms with E-state index >= 15 is 0 Å². The van der Waals surface area contributed by atoms with Crippen molar-refractivity contribution in [1.82, 2.24) is 15.2 Å². The van der Waals surface area contributed by atoms with Gasteiger partial charge in [-0.25, -0.2) is 4.39 Å². The van der Waals surface area contributed by atoms with Crippen LogP contribution in [0.25, 0.3) is 0 Å². The number of hydrogen-bond acceptors (Lipinski definition) is 5. The Morgan fingerprint density at radius 3 is 3.00 bits per heavy atom. The molecule has 2 heterocycles. The molecule has 2 rings (SSSR count). The Hall–Kier alpha value is -1.89. The van der Waals surface area contributed by atoms with Crippen molar-refractivity contribution in [3.05, 3.63) is 35.1 Å². The van der Waals surface area contributed by atoms with Gasteiger partial charge in [0, 0.05) is 18.3 Å². The zero-order valence-corrected chi connectivity index (χ0v) is 11.9. The molecule has 5 nitrogen and oxygen atoms in total. The number of aromatic nitrogens is 3. The molecule has 106 valence electrons. The second-order valence-electron chi connectivity index (χ2n) is 4.37. The van der Waals surface area contributed by atoms with Crippen molar-refractivity contribution in [2.75, 3.05) is 5.32 Å². The van der Waals surface area contributed by atoms with E-state index in [1.165, 1.54) is 18.3 Å². The van der Waals surface area contributed by atoms with E-state index in [-0.39, 0.29) is 12.3 Å². The van der Waals surface area contributed by atoms with Crippen LogP contribution in [0.15, 0.2) is 24.4 Å². The van der Waals surface area contributed by atoms with Crippen molar-refractivity contribution in [2.45, 2.75) is 32.4 Å². The molecule has 0 spiro atoms. The first-order valence-corrected chi connectivity index (χ1v) is 7.11. The minimum atomic E-state index is -0.860. The molecular weight excluding hydrogens is 279 g/mol. The number of pyridine rings is 1. The summed E-state index contributed by atoms with van der Waals surface area (Å²) in [6.07, 6.45) is 1.92. The lowest BCUT2D eigenvalue weighted by atomic mass is 10.2. The molecule has 1 amide bonds. The standard InChI is InChI=1S/C13H15FN4OS/c1-9(14)5-6-12-17-18-13(20-12)16-11(19)8-10-4-2-3-7-15-10/h2-4,7,9H,5-6,8H2,1H3,(H,16,18,19)/t9-/m1/s1. The third-order valence-electron chi connectivity index (χ3n) is 2.54. The van der Waals surface area contributed by atoms with Gasteiger partial charge in [-0.05, 0) is 25.5 Å². The van der Waals surface area contributed by atoms with Gasteiger partial charge >= 0.3 is 0 Å². The van der Waals surface area contributed by atoms with E-state index in [1.807, 2.05) is 6.07 Å². The van der Waals surface area contributed by atoms with Crippen molar-refractivity contribution >= 4 is 22.4 Å². The predicted molar refractivity (Wildman–Crippen MR) is 75.4 cm³/mol. The fourth-order valence-electron chi connectivity index (χ4n) is 1.56. The number of carbonyl (C=O) groups excluding carboxylic acids is 1. The van der Waals surface area contributed by atoms with E-state index in [9.17, 15) is 9.18 Å². The SMILES string of the molecule is C[C@@H](F)CCc1nnc(NC(=O)Cc2ccccn2)s1. The summed E-state index contributed by atoms with van der Waals surface area (Å²) in [5, 5.41) is 11.6. The largest absolute Gasteiger partial charge is 0.300 e. The lowest BCUT2D eigenvalue weighted by Crippen LogP contribution is -2.14. The van der Waals surface area contributed by atoms with Crippen LogP contribution in [0.3, 0.4) is 0 Å². The average Bonchev–Trinajstić information content (AvgIpc) is 2.85. The number of carbonyl (C=O) groups is 1. The highest BCUT2D eigenvalue weighted by Crippen LogP contribution is 2.17. The van der Waals surface area contributed by atoms with Crippen molar-refractivity contribution < 1.29 is 9.18 Å². The fourth-order valence-corrected chi connectivity index (χ4v) is 2.33. The summed E-state index contributed by atoms with van der Waals surface area (Å²) < 4.78 is 12.7. The van der Waals surface area contributed by atoms with Crippen molar-refractivity contribution in [1.29, 1.82) is 0 Å². The molecule has 0 aromatic carbocycles. The van der Waals surface area contributed by atoms with Crippen LogP contribution >= 0.6 is 11.3 Å². The summed E-state index contributed by atoms with van der Waals surface area (Å²) in [5.41, 5.74) is 0.695. The minimum Gasteiger partial charge on any atom is -0.300 e. The van der Waals surface area contributed by atoms with E-state index in [1.54, 1.807) is 18.3 Å². The lowest BCUT2D eigenvalue weighted by Gasteiger charge is -2.00.